The lowest BCUT2D eigenvalue weighted by molar-refractivity contribution is -0.384. The van der Waals surface area contributed by atoms with Crippen LogP contribution in [0, 0.1) is 24.0 Å². The van der Waals surface area contributed by atoms with E-state index in [9.17, 15) is 19.7 Å². The number of aromatic nitrogens is 3. The molecule has 1 N–H and O–H groups in total. The Balaban J connectivity index is 1.61. The van der Waals surface area contributed by atoms with E-state index in [1.807, 2.05) is 19.9 Å². The molecule has 11 heteroatoms. The maximum atomic E-state index is 12.2. The summed E-state index contributed by atoms with van der Waals surface area (Å²) in [7, 11) is 1.37. The van der Waals surface area contributed by atoms with Crippen LogP contribution >= 0.6 is 0 Å². The van der Waals surface area contributed by atoms with Gasteiger partial charge in [0.25, 0.3) is 11.6 Å². The van der Waals surface area contributed by atoms with Crippen LogP contribution in [-0.4, -0.2) is 45.3 Å². The SMILES string of the molecule is COc1ccc(NC(=O)COC(=O)c2ccc(-n3nc(C)cc3C)nc2)c([N+](=O)[O-])c1. The number of methoxy groups -OCH3 is 1. The van der Waals surface area contributed by atoms with E-state index >= 15 is 0 Å². The highest BCUT2D eigenvalue weighted by Crippen LogP contribution is 2.28. The molecule has 0 radical (unpaired) electrons. The minimum absolute atomic E-state index is 0.0391. The smallest absolute Gasteiger partial charge is 0.340 e. The summed E-state index contributed by atoms with van der Waals surface area (Å²) in [5.74, 6) is -0.681. The number of amides is 1. The number of carbonyl (C=O) groups excluding carboxylic acids is 2. The van der Waals surface area contributed by atoms with E-state index in [0.717, 1.165) is 11.4 Å². The molecule has 0 saturated heterocycles. The zero-order chi connectivity index (χ0) is 22.5. The van der Waals surface area contributed by atoms with Crippen molar-refractivity contribution in [1.29, 1.82) is 0 Å². The third-order valence-electron chi connectivity index (χ3n) is 4.22. The highest BCUT2D eigenvalue weighted by atomic mass is 16.6. The second-order valence-electron chi connectivity index (χ2n) is 6.51. The molecule has 0 aliphatic carbocycles. The van der Waals surface area contributed by atoms with Gasteiger partial charge in [-0.15, -0.1) is 0 Å². The molecule has 0 fully saturated rings. The molecule has 0 aliphatic heterocycles. The van der Waals surface area contributed by atoms with Crippen LogP contribution < -0.4 is 10.1 Å². The topological polar surface area (TPSA) is 138 Å². The summed E-state index contributed by atoms with van der Waals surface area (Å²) in [6.07, 6.45) is 1.32. The van der Waals surface area contributed by atoms with Crippen molar-refractivity contribution in [2.24, 2.45) is 0 Å². The van der Waals surface area contributed by atoms with Gasteiger partial charge in [0.15, 0.2) is 12.4 Å². The fourth-order valence-electron chi connectivity index (χ4n) is 2.79. The lowest BCUT2D eigenvalue weighted by Crippen LogP contribution is -2.21. The molecular formula is C20H19N5O6. The monoisotopic (exact) mass is 425 g/mol. The molecule has 0 unspecified atom stereocenters. The van der Waals surface area contributed by atoms with Gasteiger partial charge >= 0.3 is 5.97 Å². The molecule has 2 aromatic heterocycles. The third kappa shape index (κ3) is 5.01. The van der Waals surface area contributed by atoms with E-state index in [2.05, 4.69) is 15.4 Å². The van der Waals surface area contributed by atoms with E-state index < -0.39 is 23.4 Å². The number of esters is 1. The number of anilines is 1. The van der Waals surface area contributed by atoms with Crippen molar-refractivity contribution < 1.29 is 24.0 Å². The molecule has 0 spiro atoms. The number of nitrogens with zero attached hydrogens (tertiary/aromatic N) is 4. The van der Waals surface area contributed by atoms with E-state index in [1.165, 1.54) is 37.6 Å². The summed E-state index contributed by atoms with van der Waals surface area (Å²) in [5, 5.41) is 17.8. The van der Waals surface area contributed by atoms with Crippen LogP contribution in [0.15, 0.2) is 42.6 Å². The highest BCUT2D eigenvalue weighted by Gasteiger charge is 2.18. The number of rotatable bonds is 7. The molecule has 3 rings (SSSR count). The molecule has 31 heavy (non-hydrogen) atoms. The van der Waals surface area contributed by atoms with Crippen LogP contribution in [0.2, 0.25) is 0 Å². The third-order valence-corrected chi connectivity index (χ3v) is 4.22. The molecule has 11 nitrogen and oxygen atoms in total. The van der Waals surface area contributed by atoms with Gasteiger partial charge in [0.1, 0.15) is 11.4 Å². The summed E-state index contributed by atoms with van der Waals surface area (Å²) < 4.78 is 11.6. The van der Waals surface area contributed by atoms with Gasteiger partial charge in [0.05, 0.1) is 29.4 Å². The Labute approximate surface area is 176 Å². The van der Waals surface area contributed by atoms with Crippen LogP contribution in [0.4, 0.5) is 11.4 Å². The Morgan fingerprint density at radius 2 is 1.97 bits per heavy atom. The number of pyridine rings is 1. The zero-order valence-electron chi connectivity index (χ0n) is 17.0. The number of hydrogen-bond acceptors (Lipinski definition) is 8. The van der Waals surface area contributed by atoms with Crippen LogP contribution in [0.3, 0.4) is 0 Å². The Morgan fingerprint density at radius 3 is 2.55 bits per heavy atom. The Bertz CT molecular complexity index is 1140. The van der Waals surface area contributed by atoms with Crippen LogP contribution in [0.5, 0.6) is 5.75 Å². The van der Waals surface area contributed by atoms with Crippen molar-refractivity contribution in [3.8, 4) is 11.6 Å². The number of nitrogens with one attached hydrogen (secondary N) is 1. The van der Waals surface area contributed by atoms with Crippen molar-refractivity contribution in [2.45, 2.75) is 13.8 Å². The van der Waals surface area contributed by atoms with Gasteiger partial charge in [-0.25, -0.2) is 14.5 Å². The molecule has 0 aliphatic rings. The van der Waals surface area contributed by atoms with E-state index in [4.69, 9.17) is 9.47 Å². The van der Waals surface area contributed by atoms with Crippen molar-refractivity contribution in [3.63, 3.8) is 0 Å². The Morgan fingerprint density at radius 1 is 1.19 bits per heavy atom. The van der Waals surface area contributed by atoms with Crippen LogP contribution in [-0.2, 0) is 9.53 Å². The molecular weight excluding hydrogens is 406 g/mol. The van der Waals surface area contributed by atoms with Crippen molar-refractivity contribution in [2.75, 3.05) is 19.0 Å². The number of carbonyl (C=O) groups is 2. The van der Waals surface area contributed by atoms with E-state index in [0.29, 0.717) is 5.82 Å². The molecule has 160 valence electrons. The first-order chi connectivity index (χ1) is 14.8. The van der Waals surface area contributed by atoms with Gasteiger partial charge in [0, 0.05) is 11.9 Å². The van der Waals surface area contributed by atoms with Gasteiger partial charge in [-0.2, -0.15) is 5.10 Å². The molecule has 0 bridgehead atoms. The summed E-state index contributed by atoms with van der Waals surface area (Å²) in [6, 6.07) is 8.99. The average molecular weight is 425 g/mol. The first kappa shape index (κ1) is 21.4. The normalized spacial score (nSPS) is 10.4. The molecule has 1 aromatic carbocycles. The highest BCUT2D eigenvalue weighted by molar-refractivity contribution is 5.96. The van der Waals surface area contributed by atoms with Crippen LogP contribution in [0.1, 0.15) is 21.7 Å². The van der Waals surface area contributed by atoms with Crippen molar-refractivity contribution >= 4 is 23.3 Å². The minimum Gasteiger partial charge on any atom is -0.496 e. The molecule has 1 amide bonds. The van der Waals surface area contributed by atoms with Crippen molar-refractivity contribution in [3.05, 3.63) is 69.7 Å². The molecule has 3 aromatic rings. The fraction of sp³-hybridized carbons (Fsp3) is 0.200. The predicted molar refractivity (Wildman–Crippen MR) is 109 cm³/mol. The summed E-state index contributed by atoms with van der Waals surface area (Å²) >= 11 is 0. The number of hydrogen-bond donors (Lipinski definition) is 1. The fourth-order valence-corrected chi connectivity index (χ4v) is 2.79. The molecule has 0 saturated carbocycles. The summed E-state index contributed by atoms with van der Waals surface area (Å²) in [5.41, 5.74) is 1.50. The summed E-state index contributed by atoms with van der Waals surface area (Å²) in [4.78, 5) is 39.0. The van der Waals surface area contributed by atoms with Gasteiger partial charge in [-0.3, -0.25) is 14.9 Å². The Hall–Kier alpha value is -4.28. The molecule has 0 atom stereocenters. The van der Waals surface area contributed by atoms with Gasteiger partial charge < -0.3 is 14.8 Å². The second-order valence-corrected chi connectivity index (χ2v) is 6.51. The standard InChI is InChI=1S/C20H19N5O6/c1-12-8-13(2)24(23-12)18-7-4-14(10-21-18)20(27)31-11-19(26)22-16-6-5-15(30-3)9-17(16)25(28)29/h4-10H,11H2,1-3H3,(H,22,26). The van der Waals surface area contributed by atoms with Gasteiger partial charge in [-0.1, -0.05) is 0 Å². The lowest BCUT2D eigenvalue weighted by atomic mass is 10.2. The van der Waals surface area contributed by atoms with Gasteiger partial charge in [0.2, 0.25) is 0 Å². The average Bonchev–Trinajstić information content (AvgIpc) is 3.10. The largest absolute Gasteiger partial charge is 0.496 e. The van der Waals surface area contributed by atoms with Crippen molar-refractivity contribution in [1.82, 2.24) is 14.8 Å². The van der Waals surface area contributed by atoms with Gasteiger partial charge in [-0.05, 0) is 44.2 Å². The first-order valence-corrected chi connectivity index (χ1v) is 9.07. The number of nitro benzene ring substituents is 1. The predicted octanol–water partition coefficient (Wildman–Crippen LogP) is 2.60. The number of aryl methyl sites for hydroxylation is 2. The quantitative estimate of drug-likeness (QED) is 0.346. The minimum atomic E-state index is -0.758. The molecule has 2 heterocycles. The first-order valence-electron chi connectivity index (χ1n) is 9.07. The maximum Gasteiger partial charge on any atom is 0.340 e. The summed E-state index contributed by atoms with van der Waals surface area (Å²) in [6.45, 7) is 3.12. The number of nitro groups is 1. The van der Waals surface area contributed by atoms with E-state index in [1.54, 1.807) is 10.7 Å². The number of benzene rings is 1. The van der Waals surface area contributed by atoms with E-state index in [-0.39, 0.29) is 22.7 Å². The number of ether oxygens (including phenoxy) is 2. The van der Waals surface area contributed by atoms with Crippen LogP contribution in [0.25, 0.3) is 5.82 Å². The zero-order valence-corrected chi connectivity index (χ0v) is 17.0. The lowest BCUT2D eigenvalue weighted by Gasteiger charge is -2.09. The maximum absolute atomic E-state index is 12.2. The second kappa shape index (κ2) is 9.03. The Kier molecular flexibility index (Phi) is 6.24.